The average molecular weight is 123 g/mol. The van der Waals surface area contributed by atoms with Crippen LogP contribution in [0.5, 0.6) is 0 Å². The van der Waals surface area contributed by atoms with E-state index < -0.39 is 0 Å². The van der Waals surface area contributed by atoms with Gasteiger partial charge in [-0.05, 0) is 6.92 Å². The Morgan fingerprint density at radius 3 is 2.71 bits per heavy atom. The molecule has 0 rings (SSSR count). The van der Waals surface area contributed by atoms with Crippen LogP contribution in [0.3, 0.4) is 0 Å². The van der Waals surface area contributed by atoms with Crippen molar-refractivity contribution in [1.29, 1.82) is 0 Å². The van der Waals surface area contributed by atoms with Crippen molar-refractivity contribution in [3.8, 4) is 0 Å². The molecule has 3 nitrogen and oxygen atoms in total. The molecule has 0 spiro atoms. The predicted octanol–water partition coefficient (Wildman–Crippen LogP) is 0.491. The maximum atomic E-state index is 4.98. The van der Waals surface area contributed by atoms with Crippen LogP contribution in [0.4, 0.5) is 0 Å². The third-order valence-corrected chi connectivity index (χ3v) is 0.542. The summed E-state index contributed by atoms with van der Waals surface area (Å²) >= 11 is 4.87. The van der Waals surface area contributed by atoms with Crippen molar-refractivity contribution in [2.45, 2.75) is 6.92 Å². The molecule has 0 fully saturated rings. The van der Waals surface area contributed by atoms with E-state index in [1.54, 1.807) is 6.92 Å². The summed E-state index contributed by atoms with van der Waals surface area (Å²) in [6, 6.07) is 0.0177. The molecule has 2 N–H and O–H groups in total. The number of rotatable bonds is 1. The summed E-state index contributed by atoms with van der Waals surface area (Å²) in [7, 11) is 0. The van der Waals surface area contributed by atoms with Gasteiger partial charge in [0.15, 0.2) is 0 Å². The van der Waals surface area contributed by atoms with Crippen LogP contribution in [-0.2, 0) is 4.74 Å². The molecule has 0 unspecified atom stereocenters. The first-order valence-corrected chi connectivity index (χ1v) is 2.22. The Morgan fingerprint density at radius 1 is 2.00 bits per heavy atom. The Kier molecular flexibility index (Phi) is 3.50. The van der Waals surface area contributed by atoms with Crippen molar-refractivity contribution in [3.63, 3.8) is 0 Å². The number of hydrogen-bond acceptors (Lipinski definition) is 2. The summed E-state index contributed by atoms with van der Waals surface area (Å²) in [5.74, 6) is 0. The van der Waals surface area contributed by atoms with Crippen LogP contribution in [0.15, 0.2) is 4.51 Å². The van der Waals surface area contributed by atoms with E-state index >= 15 is 0 Å². The summed E-state index contributed by atoms with van der Waals surface area (Å²) in [4.78, 5) is 0. The summed E-state index contributed by atoms with van der Waals surface area (Å²) in [5.41, 5.74) is 4.98. The van der Waals surface area contributed by atoms with Crippen molar-refractivity contribution in [2.24, 2.45) is 10.2 Å². The van der Waals surface area contributed by atoms with E-state index in [1.165, 1.54) is 0 Å². The van der Waals surface area contributed by atoms with Gasteiger partial charge in [-0.25, -0.2) is 0 Å². The highest BCUT2D eigenvalue weighted by atomic mass is 35.5. The number of nitrogens with zero attached hydrogens (tertiary/aromatic N) is 1. The number of nitrogens with two attached hydrogens (primary N) is 1. The molecule has 0 bridgehead atoms. The molecule has 0 saturated heterocycles. The molecule has 0 saturated carbocycles. The molecule has 0 aromatic heterocycles. The molecule has 0 heterocycles. The van der Waals surface area contributed by atoms with Crippen molar-refractivity contribution < 1.29 is 4.74 Å². The number of ether oxygens (including phenoxy) is 1. The molecule has 7 heavy (non-hydrogen) atoms. The smallest absolute Gasteiger partial charge is 0.299 e. The lowest BCUT2D eigenvalue weighted by Crippen LogP contribution is -2.14. The van der Waals surface area contributed by atoms with Gasteiger partial charge in [-0.1, -0.05) is 0 Å². The minimum atomic E-state index is 0.0177. The zero-order chi connectivity index (χ0) is 5.70. The van der Waals surface area contributed by atoms with Crippen LogP contribution in [0.25, 0.3) is 0 Å². The zero-order valence-corrected chi connectivity index (χ0v) is 4.77. The first-order valence-electron chi connectivity index (χ1n) is 1.88. The monoisotopic (exact) mass is 122 g/mol. The summed E-state index contributed by atoms with van der Waals surface area (Å²) in [5, 5.41) is 0. The van der Waals surface area contributed by atoms with Gasteiger partial charge < -0.3 is 10.5 Å². The Bertz CT molecular complexity index is 73.3. The number of halogens is 1. The SMILES string of the molecule is CCO/C(N)=N/Cl. The fourth-order valence-electron chi connectivity index (χ4n) is 0.172. The van der Waals surface area contributed by atoms with Crippen molar-refractivity contribution >= 4 is 17.8 Å². The molecule has 0 aromatic carbocycles. The minimum absolute atomic E-state index is 0.0177. The molecule has 0 aliphatic rings. The lowest BCUT2D eigenvalue weighted by atomic mass is 10.9. The Morgan fingerprint density at radius 2 is 2.57 bits per heavy atom. The van der Waals surface area contributed by atoms with Gasteiger partial charge in [-0.2, -0.15) is 0 Å². The molecular weight excluding hydrogens is 115 g/mol. The fourth-order valence-corrected chi connectivity index (χ4v) is 0.221. The highest BCUT2D eigenvalue weighted by molar-refractivity contribution is 6.18. The molecular formula is C3H7ClN2O. The summed E-state index contributed by atoms with van der Waals surface area (Å²) in [6.07, 6.45) is 0. The van der Waals surface area contributed by atoms with Gasteiger partial charge in [0, 0.05) is 11.8 Å². The second-order valence-corrected chi connectivity index (χ2v) is 1.02. The Hall–Kier alpha value is -0.440. The van der Waals surface area contributed by atoms with Gasteiger partial charge >= 0.3 is 0 Å². The molecule has 0 amide bonds. The molecule has 42 valence electrons. The zero-order valence-electron chi connectivity index (χ0n) is 4.02. The van der Waals surface area contributed by atoms with Crippen LogP contribution in [0, 0.1) is 0 Å². The summed E-state index contributed by atoms with van der Waals surface area (Å²) in [6.45, 7) is 2.30. The first kappa shape index (κ1) is 6.56. The maximum Gasteiger partial charge on any atom is 0.299 e. The van der Waals surface area contributed by atoms with E-state index in [-0.39, 0.29) is 6.02 Å². The van der Waals surface area contributed by atoms with Crippen LogP contribution in [0.1, 0.15) is 6.92 Å². The quantitative estimate of drug-likeness (QED) is 0.407. The number of hydrogen-bond donors (Lipinski definition) is 1. The second-order valence-electron chi connectivity index (χ2n) is 0.856. The Labute approximate surface area is 47.2 Å². The molecule has 0 radical (unpaired) electrons. The lowest BCUT2D eigenvalue weighted by molar-refractivity contribution is 0.323. The highest BCUT2D eigenvalue weighted by Gasteiger charge is 1.82. The van der Waals surface area contributed by atoms with Crippen LogP contribution < -0.4 is 5.73 Å². The molecule has 4 heteroatoms. The normalized spacial score (nSPS) is 11.4. The molecule has 0 aliphatic carbocycles. The second kappa shape index (κ2) is 3.74. The predicted molar refractivity (Wildman–Crippen MR) is 29.1 cm³/mol. The average Bonchev–Trinajstić information content (AvgIpc) is 1.68. The van der Waals surface area contributed by atoms with Crippen molar-refractivity contribution in [3.05, 3.63) is 0 Å². The van der Waals surface area contributed by atoms with Gasteiger partial charge in [0.2, 0.25) is 0 Å². The van der Waals surface area contributed by atoms with Gasteiger partial charge in [-0.3, -0.25) is 0 Å². The van der Waals surface area contributed by atoms with Gasteiger partial charge in [0.25, 0.3) is 6.02 Å². The Balaban J connectivity index is 3.17. The minimum Gasteiger partial charge on any atom is -0.465 e. The van der Waals surface area contributed by atoms with E-state index in [0.717, 1.165) is 0 Å². The molecule has 0 aliphatic heterocycles. The molecule has 0 aromatic rings. The molecule has 0 atom stereocenters. The third kappa shape index (κ3) is 3.39. The highest BCUT2D eigenvalue weighted by Crippen LogP contribution is 1.77. The topological polar surface area (TPSA) is 47.6 Å². The van der Waals surface area contributed by atoms with Crippen molar-refractivity contribution in [2.75, 3.05) is 6.61 Å². The van der Waals surface area contributed by atoms with Crippen LogP contribution in [-0.4, -0.2) is 12.6 Å². The van der Waals surface area contributed by atoms with Gasteiger partial charge in [0.1, 0.15) is 0 Å². The van der Waals surface area contributed by atoms with E-state index in [0.29, 0.717) is 6.61 Å². The van der Waals surface area contributed by atoms with Crippen LogP contribution in [0.2, 0.25) is 0 Å². The first-order chi connectivity index (χ1) is 3.31. The van der Waals surface area contributed by atoms with E-state index in [2.05, 4.69) is 9.25 Å². The van der Waals surface area contributed by atoms with Gasteiger partial charge in [-0.15, -0.1) is 4.51 Å². The maximum absolute atomic E-state index is 4.98. The van der Waals surface area contributed by atoms with E-state index in [4.69, 9.17) is 17.5 Å². The fraction of sp³-hybridized carbons (Fsp3) is 0.667. The standard InChI is InChI=1S/C3H7ClN2O/c1-2-7-3(5)6-4/h2H2,1H3,(H2,5,6). The third-order valence-electron chi connectivity index (χ3n) is 0.376. The largest absolute Gasteiger partial charge is 0.465 e. The summed E-state index contributed by atoms with van der Waals surface area (Å²) < 4.78 is 7.61. The van der Waals surface area contributed by atoms with E-state index in [9.17, 15) is 0 Å². The van der Waals surface area contributed by atoms with Gasteiger partial charge in [0.05, 0.1) is 6.61 Å². The van der Waals surface area contributed by atoms with Crippen LogP contribution >= 0.6 is 11.8 Å². The van der Waals surface area contributed by atoms with E-state index in [1.807, 2.05) is 0 Å². The lowest BCUT2D eigenvalue weighted by Gasteiger charge is -1.94. The number of amidine groups is 1. The van der Waals surface area contributed by atoms with Crippen molar-refractivity contribution in [1.82, 2.24) is 0 Å².